The number of hydrogen-bond acceptors (Lipinski definition) is 16. The van der Waals surface area contributed by atoms with Gasteiger partial charge in [-0.25, -0.2) is 4.79 Å². The molecule has 0 amide bonds. The number of allylic oxidation sites excluding steroid dienone is 4. The van der Waals surface area contributed by atoms with Gasteiger partial charge >= 0.3 is 36.0 Å². The molecule has 0 aliphatic heterocycles. The molecule has 0 aromatic rings. The minimum atomic E-state index is -1.51. The Morgan fingerprint density at radius 2 is 0.765 bits per heavy atom. The zero-order chi connectivity index (χ0) is 62.7. The summed E-state index contributed by atoms with van der Waals surface area (Å²) in [6.45, 7) is 19.3. The first-order chi connectivity index (χ1) is 41.4. The van der Waals surface area contributed by atoms with Crippen LogP contribution < -0.4 is 0 Å². The van der Waals surface area contributed by atoms with Gasteiger partial charge in [-0.05, 0) is 135 Å². The number of rotatable bonds is 61. The zero-order valence-electron chi connectivity index (χ0n) is 55.3. The molecule has 0 saturated heterocycles. The summed E-state index contributed by atoms with van der Waals surface area (Å²) in [6.07, 6.45) is 34.9. The van der Waals surface area contributed by atoms with Crippen molar-refractivity contribution in [2.75, 3.05) is 79.1 Å². The number of carbonyl (C=O) groups excluding carboxylic acids is 6. The second-order valence-corrected chi connectivity index (χ2v) is 23.0. The molecule has 0 aromatic heterocycles. The van der Waals surface area contributed by atoms with Gasteiger partial charge in [0.05, 0.1) is 38.1 Å². The summed E-state index contributed by atoms with van der Waals surface area (Å²) in [4.78, 5) is 82.1. The summed E-state index contributed by atoms with van der Waals surface area (Å²) in [5.74, 6) is -2.15. The molecule has 0 rings (SSSR count). The first-order valence-corrected chi connectivity index (χ1v) is 34.2. The number of hydrogen-bond donors (Lipinski definition) is 0. The van der Waals surface area contributed by atoms with Crippen LogP contribution in [0.5, 0.6) is 0 Å². The quantitative estimate of drug-likeness (QED) is 0.0184. The average Bonchev–Trinajstić information content (AvgIpc) is 3.70. The second-order valence-electron chi connectivity index (χ2n) is 23.0. The lowest BCUT2D eigenvalue weighted by Gasteiger charge is -2.31. The molecule has 496 valence electrons. The van der Waals surface area contributed by atoms with E-state index in [2.05, 4.69) is 84.6 Å². The van der Waals surface area contributed by atoms with Gasteiger partial charge in [-0.15, -0.1) is 0 Å². The van der Waals surface area contributed by atoms with Crippen LogP contribution in [-0.2, 0) is 66.6 Å². The molecule has 0 radical (unpaired) electrons. The highest BCUT2D eigenvalue weighted by atomic mass is 16.7. The van der Waals surface area contributed by atoms with Gasteiger partial charge in [0, 0.05) is 39.0 Å². The van der Waals surface area contributed by atoms with Crippen molar-refractivity contribution in [3.63, 3.8) is 0 Å². The first-order valence-electron chi connectivity index (χ1n) is 34.2. The van der Waals surface area contributed by atoms with E-state index in [0.29, 0.717) is 58.2 Å². The number of unbranched alkanes of at least 4 members (excludes halogenated alkanes) is 16. The van der Waals surface area contributed by atoms with Crippen LogP contribution in [0.4, 0.5) is 4.79 Å². The molecule has 0 bridgehead atoms. The van der Waals surface area contributed by atoms with Gasteiger partial charge in [-0.2, -0.15) is 0 Å². The summed E-state index contributed by atoms with van der Waals surface area (Å²) in [5, 5.41) is 0. The van der Waals surface area contributed by atoms with E-state index >= 15 is 0 Å². The van der Waals surface area contributed by atoms with Gasteiger partial charge in [0.2, 0.25) is 0 Å². The Morgan fingerprint density at radius 3 is 1.20 bits per heavy atom. The van der Waals surface area contributed by atoms with Crippen molar-refractivity contribution in [1.82, 2.24) is 4.90 Å². The van der Waals surface area contributed by atoms with E-state index in [4.69, 9.17) is 42.6 Å². The predicted molar refractivity (Wildman–Crippen MR) is 339 cm³/mol. The standard InChI is InChI=1S/C69H125NO15/c1-9-17-23-27-29-37-51-77-65(78-52-38-30-28-24-18-10-2)49-48-64(73)84-58-69(59-85-68(76)81-55-41-50-70(15-7)16-8,56-82-62(71)46-35-31-39-53-79-66(74)60(42-21-13-5)44-33-25-19-11-3)57-83-63(72)47-36-32-40-54-80-67(75)61(43-22-14-6)45-34-26-20-12-4/h17-18,23-24,60-61,65H,9-16,19-22,25-59H2,1-8H3/b23-17-,24-18-. The molecule has 16 heteroatoms. The zero-order valence-corrected chi connectivity index (χ0v) is 55.3. The maximum Gasteiger partial charge on any atom is 0.508 e. The molecule has 0 fully saturated rings. The van der Waals surface area contributed by atoms with Gasteiger partial charge in [0.1, 0.15) is 31.8 Å². The van der Waals surface area contributed by atoms with Crippen LogP contribution in [0.3, 0.4) is 0 Å². The molecule has 0 aliphatic rings. The van der Waals surface area contributed by atoms with Crippen LogP contribution in [0, 0.1) is 17.3 Å². The first kappa shape index (κ1) is 81.0. The number of esters is 5. The third kappa shape index (κ3) is 48.7. The highest BCUT2D eigenvalue weighted by molar-refractivity contribution is 5.73. The third-order valence-corrected chi connectivity index (χ3v) is 15.2. The SMILES string of the molecule is CC/C=C\CCCCOC(CCC(=O)OCC(COC(=O)CCCCCOC(=O)C(CCCC)CCCCCC)(COC(=O)CCCCCOC(=O)C(CCCC)CCCCCC)COC(=O)OCCCN(CC)CC)OCCCC/C=C\CC. The monoisotopic (exact) mass is 1210 g/mol. The van der Waals surface area contributed by atoms with Gasteiger partial charge in [-0.3, -0.25) is 24.0 Å². The molecule has 0 N–H and O–H groups in total. The number of nitrogens with zero attached hydrogens (tertiary/aromatic N) is 1. The summed E-state index contributed by atoms with van der Waals surface area (Å²) in [5.41, 5.74) is -1.51. The minimum Gasteiger partial charge on any atom is -0.465 e. The molecule has 0 spiro atoms. The van der Waals surface area contributed by atoms with Crippen LogP contribution in [0.25, 0.3) is 0 Å². The summed E-state index contributed by atoms with van der Waals surface area (Å²) >= 11 is 0. The molecule has 16 nitrogen and oxygen atoms in total. The van der Waals surface area contributed by atoms with Crippen LogP contribution in [-0.4, -0.2) is 126 Å². The van der Waals surface area contributed by atoms with E-state index in [1.54, 1.807) is 0 Å². The molecule has 2 unspecified atom stereocenters. The fraction of sp³-hybridized carbons (Fsp3) is 0.855. The Hall–Kier alpha value is -4.02. The van der Waals surface area contributed by atoms with Crippen molar-refractivity contribution in [2.45, 2.75) is 286 Å². The molecular weight excluding hydrogens is 1080 g/mol. The largest absolute Gasteiger partial charge is 0.508 e. The maximum atomic E-state index is 13.7. The highest BCUT2D eigenvalue weighted by Crippen LogP contribution is 2.25. The van der Waals surface area contributed by atoms with E-state index in [9.17, 15) is 28.8 Å². The predicted octanol–water partition coefficient (Wildman–Crippen LogP) is 16.7. The Balaban J connectivity index is 6.27. The molecule has 0 saturated carbocycles. The van der Waals surface area contributed by atoms with Crippen molar-refractivity contribution < 1.29 is 71.4 Å². The number of carbonyl (C=O) groups is 6. The van der Waals surface area contributed by atoms with Crippen molar-refractivity contribution in [3.05, 3.63) is 24.3 Å². The summed E-state index contributed by atoms with van der Waals surface area (Å²) in [7, 11) is 0. The fourth-order valence-electron chi connectivity index (χ4n) is 9.56. The lowest BCUT2D eigenvalue weighted by molar-refractivity contribution is -0.170. The molecule has 0 aliphatic carbocycles. The Kier molecular flexibility index (Phi) is 56.2. The van der Waals surface area contributed by atoms with Crippen molar-refractivity contribution in [3.8, 4) is 0 Å². The second kappa shape index (κ2) is 59.0. The highest BCUT2D eigenvalue weighted by Gasteiger charge is 2.38. The van der Waals surface area contributed by atoms with E-state index in [1.165, 1.54) is 0 Å². The van der Waals surface area contributed by atoms with Crippen LogP contribution >= 0.6 is 0 Å². The molecule has 2 atom stereocenters. The lowest BCUT2D eigenvalue weighted by Crippen LogP contribution is -2.44. The topological polar surface area (TPSA) is 189 Å². The fourth-order valence-corrected chi connectivity index (χ4v) is 9.56. The summed E-state index contributed by atoms with van der Waals surface area (Å²) < 4.78 is 52.6. The Morgan fingerprint density at radius 1 is 0.365 bits per heavy atom. The van der Waals surface area contributed by atoms with Crippen LogP contribution in [0.2, 0.25) is 0 Å². The van der Waals surface area contributed by atoms with Gasteiger partial charge in [-0.1, -0.05) is 157 Å². The molecular formula is C69H125NO15. The smallest absolute Gasteiger partial charge is 0.465 e. The van der Waals surface area contributed by atoms with E-state index in [0.717, 1.165) is 174 Å². The van der Waals surface area contributed by atoms with Gasteiger partial charge in [0.25, 0.3) is 0 Å². The molecule has 0 heterocycles. The van der Waals surface area contributed by atoms with E-state index < -0.39 is 62.2 Å². The normalized spacial score (nSPS) is 13.1. The minimum absolute atomic E-state index is 0.0511. The van der Waals surface area contributed by atoms with Gasteiger partial charge in [0.15, 0.2) is 6.29 Å². The number of ether oxygens (including phenoxy) is 9. The summed E-state index contributed by atoms with van der Waals surface area (Å²) in [6, 6.07) is 0. The van der Waals surface area contributed by atoms with Crippen molar-refractivity contribution in [1.29, 1.82) is 0 Å². The molecule has 0 aromatic carbocycles. The van der Waals surface area contributed by atoms with Gasteiger partial charge < -0.3 is 47.5 Å². The Labute approximate surface area is 517 Å². The van der Waals surface area contributed by atoms with E-state index in [1.807, 2.05) is 0 Å². The lowest BCUT2D eigenvalue weighted by atomic mass is 9.92. The van der Waals surface area contributed by atoms with Crippen LogP contribution in [0.1, 0.15) is 280 Å². The Bertz CT molecular complexity index is 1600. The average molecular weight is 1210 g/mol. The third-order valence-electron chi connectivity index (χ3n) is 15.2. The van der Waals surface area contributed by atoms with Crippen molar-refractivity contribution >= 4 is 36.0 Å². The maximum absolute atomic E-state index is 13.7. The van der Waals surface area contributed by atoms with E-state index in [-0.39, 0.29) is 69.3 Å². The molecule has 85 heavy (non-hydrogen) atoms. The van der Waals surface area contributed by atoms with Crippen molar-refractivity contribution in [2.24, 2.45) is 17.3 Å². The van der Waals surface area contributed by atoms with Crippen LogP contribution in [0.15, 0.2) is 24.3 Å².